The molecule has 1 rings (SSSR count). The van der Waals surface area contributed by atoms with Crippen LogP contribution in [0.15, 0.2) is 0 Å². The summed E-state index contributed by atoms with van der Waals surface area (Å²) in [6.07, 6.45) is 21.9. The number of hydrogen-bond donors (Lipinski definition) is 0. The number of nitrogens with zero attached hydrogens (tertiary/aromatic N) is 1. The number of unbranched alkanes of at least 4 members (excludes halogenated alkanes) is 12. The van der Waals surface area contributed by atoms with Crippen molar-refractivity contribution in [3.8, 4) is 0 Å². The van der Waals surface area contributed by atoms with Crippen molar-refractivity contribution in [2.75, 3.05) is 19.6 Å². The summed E-state index contributed by atoms with van der Waals surface area (Å²) < 4.78 is 0. The zero-order chi connectivity index (χ0) is 14.3. The molecule has 1 heterocycles. The van der Waals surface area contributed by atoms with Gasteiger partial charge in [-0.1, -0.05) is 84.0 Å². The molecule has 0 bridgehead atoms. The first-order chi connectivity index (χ1) is 9.93. The smallest absolute Gasteiger partial charge is 0.00183 e. The number of hydrogen-bond acceptors (Lipinski definition) is 1. The normalized spacial score (nSPS) is 16.1. The summed E-state index contributed by atoms with van der Waals surface area (Å²) in [5, 5.41) is 0. The van der Waals surface area contributed by atoms with Crippen molar-refractivity contribution in [3.05, 3.63) is 0 Å². The van der Waals surface area contributed by atoms with E-state index in [1.54, 1.807) is 0 Å². The third-order valence-corrected chi connectivity index (χ3v) is 4.78. The van der Waals surface area contributed by atoms with Gasteiger partial charge in [0.2, 0.25) is 0 Å². The van der Waals surface area contributed by atoms with Crippen LogP contribution >= 0.6 is 0 Å². The fourth-order valence-corrected chi connectivity index (χ4v) is 3.36. The van der Waals surface area contributed by atoms with Crippen molar-refractivity contribution < 1.29 is 0 Å². The van der Waals surface area contributed by atoms with Crippen LogP contribution in [0, 0.1) is 0 Å². The first-order valence-electron chi connectivity index (χ1n) is 9.66. The van der Waals surface area contributed by atoms with Crippen molar-refractivity contribution in [1.29, 1.82) is 0 Å². The molecular weight excluding hydrogens is 242 g/mol. The van der Waals surface area contributed by atoms with Crippen LogP contribution in [0.3, 0.4) is 0 Å². The number of likely N-dealkylation sites (tertiary alicyclic amines) is 1. The summed E-state index contributed by atoms with van der Waals surface area (Å²) in [6.45, 7) is 6.42. The van der Waals surface area contributed by atoms with Crippen LogP contribution in [0.4, 0.5) is 0 Å². The van der Waals surface area contributed by atoms with Crippen molar-refractivity contribution in [2.24, 2.45) is 0 Å². The summed E-state index contributed by atoms with van der Waals surface area (Å²) in [5.41, 5.74) is 0. The Labute approximate surface area is 128 Å². The molecule has 0 atom stereocenters. The molecular formula is C19H39N. The third kappa shape index (κ3) is 10.7. The van der Waals surface area contributed by atoms with Gasteiger partial charge in [0.05, 0.1) is 0 Å². The molecule has 120 valence electrons. The third-order valence-electron chi connectivity index (χ3n) is 4.78. The van der Waals surface area contributed by atoms with Crippen LogP contribution in [-0.4, -0.2) is 24.5 Å². The maximum atomic E-state index is 2.65. The van der Waals surface area contributed by atoms with Crippen LogP contribution < -0.4 is 0 Å². The lowest BCUT2D eigenvalue weighted by Crippen LogP contribution is -2.20. The molecule has 1 aliphatic rings. The van der Waals surface area contributed by atoms with Gasteiger partial charge < -0.3 is 4.90 Å². The summed E-state index contributed by atoms with van der Waals surface area (Å²) in [7, 11) is 0. The number of rotatable bonds is 14. The molecule has 1 aliphatic heterocycles. The zero-order valence-corrected chi connectivity index (χ0v) is 14.2. The molecule has 0 aliphatic carbocycles. The van der Waals surface area contributed by atoms with Crippen molar-refractivity contribution in [1.82, 2.24) is 4.90 Å². The van der Waals surface area contributed by atoms with Gasteiger partial charge in [-0.15, -0.1) is 0 Å². The van der Waals surface area contributed by atoms with Gasteiger partial charge in [0.25, 0.3) is 0 Å². The zero-order valence-electron chi connectivity index (χ0n) is 14.2. The van der Waals surface area contributed by atoms with Gasteiger partial charge in [0.15, 0.2) is 0 Å². The monoisotopic (exact) mass is 281 g/mol. The maximum Gasteiger partial charge on any atom is -0.00183 e. The van der Waals surface area contributed by atoms with E-state index in [-0.39, 0.29) is 0 Å². The van der Waals surface area contributed by atoms with Crippen LogP contribution in [0.5, 0.6) is 0 Å². The second-order valence-corrected chi connectivity index (χ2v) is 6.79. The van der Waals surface area contributed by atoms with E-state index in [1.165, 1.54) is 116 Å². The van der Waals surface area contributed by atoms with E-state index in [9.17, 15) is 0 Å². The molecule has 0 spiro atoms. The van der Waals surface area contributed by atoms with Crippen molar-refractivity contribution in [2.45, 2.75) is 103 Å². The molecule has 1 heteroatoms. The van der Waals surface area contributed by atoms with Crippen molar-refractivity contribution in [3.63, 3.8) is 0 Å². The SMILES string of the molecule is CCCCCCCCCCCCCCCN1CCCC1. The minimum absolute atomic E-state index is 1.37. The average Bonchev–Trinajstić information content (AvgIpc) is 2.97. The molecule has 0 radical (unpaired) electrons. The standard InChI is InChI=1S/C19H39N/c1-2-3-4-5-6-7-8-9-10-11-12-13-14-17-20-18-15-16-19-20/h2-19H2,1H3. The Hall–Kier alpha value is -0.0400. The van der Waals surface area contributed by atoms with Crippen LogP contribution in [0.25, 0.3) is 0 Å². The van der Waals surface area contributed by atoms with Gasteiger partial charge in [0.1, 0.15) is 0 Å². The lowest BCUT2D eigenvalue weighted by atomic mass is 10.0. The topological polar surface area (TPSA) is 3.24 Å². The highest BCUT2D eigenvalue weighted by atomic mass is 15.1. The molecule has 0 amide bonds. The van der Waals surface area contributed by atoms with Gasteiger partial charge in [-0.05, 0) is 38.9 Å². The summed E-state index contributed by atoms with van der Waals surface area (Å²) in [6, 6.07) is 0. The van der Waals surface area contributed by atoms with E-state index in [0.717, 1.165) is 0 Å². The van der Waals surface area contributed by atoms with E-state index in [4.69, 9.17) is 0 Å². The Morgan fingerprint density at radius 2 is 0.950 bits per heavy atom. The first kappa shape index (κ1) is 18.0. The van der Waals surface area contributed by atoms with Gasteiger partial charge >= 0.3 is 0 Å². The van der Waals surface area contributed by atoms with Gasteiger partial charge in [-0.2, -0.15) is 0 Å². The van der Waals surface area contributed by atoms with Crippen molar-refractivity contribution >= 4 is 0 Å². The Morgan fingerprint density at radius 1 is 0.550 bits per heavy atom. The van der Waals surface area contributed by atoms with Gasteiger partial charge in [-0.3, -0.25) is 0 Å². The van der Waals surface area contributed by atoms with Crippen LogP contribution in [0.1, 0.15) is 103 Å². The molecule has 0 aromatic heterocycles. The Bertz CT molecular complexity index is 184. The second-order valence-electron chi connectivity index (χ2n) is 6.79. The summed E-state index contributed by atoms with van der Waals surface area (Å²) >= 11 is 0. The molecule has 0 saturated carbocycles. The predicted octanol–water partition coefficient (Wildman–Crippen LogP) is 6.17. The fraction of sp³-hybridized carbons (Fsp3) is 1.00. The Kier molecular flexibility index (Phi) is 12.5. The minimum atomic E-state index is 1.37. The lowest BCUT2D eigenvalue weighted by molar-refractivity contribution is 0.327. The van der Waals surface area contributed by atoms with Gasteiger partial charge in [0, 0.05) is 0 Å². The fourth-order valence-electron chi connectivity index (χ4n) is 3.36. The lowest BCUT2D eigenvalue weighted by Gasteiger charge is -2.13. The second kappa shape index (κ2) is 13.9. The Morgan fingerprint density at radius 3 is 1.40 bits per heavy atom. The van der Waals surface area contributed by atoms with E-state index in [1.807, 2.05) is 0 Å². The largest absolute Gasteiger partial charge is 0.303 e. The first-order valence-corrected chi connectivity index (χ1v) is 9.66. The Balaban J connectivity index is 1.66. The van der Waals surface area contributed by atoms with E-state index in [0.29, 0.717) is 0 Å². The highest BCUT2D eigenvalue weighted by Crippen LogP contribution is 2.13. The molecule has 20 heavy (non-hydrogen) atoms. The van der Waals surface area contributed by atoms with Gasteiger partial charge in [-0.25, -0.2) is 0 Å². The highest BCUT2D eigenvalue weighted by Gasteiger charge is 2.09. The molecule has 1 fully saturated rings. The van der Waals surface area contributed by atoms with Crippen LogP contribution in [-0.2, 0) is 0 Å². The molecule has 0 aromatic carbocycles. The molecule has 0 aromatic rings. The quantitative estimate of drug-likeness (QED) is 0.344. The summed E-state index contributed by atoms with van der Waals surface area (Å²) in [4.78, 5) is 2.65. The van der Waals surface area contributed by atoms with E-state index in [2.05, 4.69) is 11.8 Å². The minimum Gasteiger partial charge on any atom is -0.303 e. The summed E-state index contributed by atoms with van der Waals surface area (Å²) in [5.74, 6) is 0. The van der Waals surface area contributed by atoms with E-state index >= 15 is 0 Å². The highest BCUT2D eigenvalue weighted by molar-refractivity contribution is 4.65. The van der Waals surface area contributed by atoms with Crippen LogP contribution in [0.2, 0.25) is 0 Å². The average molecular weight is 282 g/mol. The predicted molar refractivity (Wildman–Crippen MR) is 91.4 cm³/mol. The molecule has 0 unspecified atom stereocenters. The maximum absolute atomic E-state index is 2.65. The molecule has 1 saturated heterocycles. The molecule has 0 N–H and O–H groups in total. The van der Waals surface area contributed by atoms with E-state index < -0.39 is 0 Å². The molecule has 1 nitrogen and oxygen atoms in total.